The van der Waals surface area contributed by atoms with Crippen LogP contribution >= 0.6 is 0 Å². The number of hydrogen-bond donors (Lipinski definition) is 0. The molecule has 136 valence electrons. The molecule has 1 aromatic carbocycles. The standard InChI is InChI=1S/C19H21N3O4/c23-19(18-15-7-2-1-3-9-17(15)26-20-18)21(14-10-11-14)12-13-6-4-5-8-16(13)22(24)25/h4-6,8,14H,1-3,7,9-12H2. The average Bonchev–Trinajstić information content (AvgIpc) is 3.44. The number of amides is 1. The summed E-state index contributed by atoms with van der Waals surface area (Å²) in [7, 11) is 0. The molecule has 0 N–H and O–H groups in total. The number of nitro groups is 1. The quantitative estimate of drug-likeness (QED) is 0.464. The molecule has 0 atom stereocenters. The van der Waals surface area contributed by atoms with Gasteiger partial charge in [0.2, 0.25) is 0 Å². The van der Waals surface area contributed by atoms with Crippen LogP contribution in [0.5, 0.6) is 0 Å². The molecule has 7 nitrogen and oxygen atoms in total. The number of benzene rings is 1. The van der Waals surface area contributed by atoms with Gasteiger partial charge in [-0.05, 0) is 32.1 Å². The molecular formula is C19H21N3O4. The van der Waals surface area contributed by atoms with Crippen LogP contribution in [0, 0.1) is 10.1 Å². The predicted molar refractivity (Wildman–Crippen MR) is 93.8 cm³/mol. The zero-order valence-corrected chi connectivity index (χ0v) is 14.5. The van der Waals surface area contributed by atoms with Gasteiger partial charge in [-0.25, -0.2) is 0 Å². The Balaban J connectivity index is 1.63. The predicted octanol–water partition coefficient (Wildman–Crippen LogP) is 3.66. The number of aryl methyl sites for hydroxylation is 1. The number of aromatic nitrogens is 1. The number of para-hydroxylation sites is 1. The van der Waals surface area contributed by atoms with E-state index in [0.717, 1.165) is 56.3 Å². The number of rotatable bonds is 5. The molecule has 0 bridgehead atoms. The fourth-order valence-corrected chi connectivity index (χ4v) is 3.62. The van der Waals surface area contributed by atoms with Crippen molar-refractivity contribution in [1.29, 1.82) is 0 Å². The Morgan fingerprint density at radius 1 is 1.23 bits per heavy atom. The lowest BCUT2D eigenvalue weighted by Crippen LogP contribution is -2.33. The van der Waals surface area contributed by atoms with Gasteiger partial charge in [-0.1, -0.05) is 29.8 Å². The van der Waals surface area contributed by atoms with Crippen molar-refractivity contribution in [3.05, 3.63) is 57.0 Å². The van der Waals surface area contributed by atoms with Crippen molar-refractivity contribution in [2.75, 3.05) is 0 Å². The van der Waals surface area contributed by atoms with Crippen LogP contribution in [0.1, 0.15) is 59.5 Å². The maximum Gasteiger partial charge on any atom is 0.276 e. The van der Waals surface area contributed by atoms with E-state index in [4.69, 9.17) is 4.52 Å². The summed E-state index contributed by atoms with van der Waals surface area (Å²) < 4.78 is 5.44. The first kappa shape index (κ1) is 16.8. The van der Waals surface area contributed by atoms with Crippen LogP contribution in [-0.2, 0) is 19.4 Å². The van der Waals surface area contributed by atoms with Gasteiger partial charge in [0.05, 0.1) is 11.5 Å². The smallest absolute Gasteiger partial charge is 0.276 e. The molecule has 2 aliphatic rings. The minimum Gasteiger partial charge on any atom is -0.360 e. The van der Waals surface area contributed by atoms with Gasteiger partial charge in [-0.2, -0.15) is 0 Å². The van der Waals surface area contributed by atoms with Crippen LogP contribution in [0.2, 0.25) is 0 Å². The topological polar surface area (TPSA) is 89.5 Å². The molecule has 1 heterocycles. The first-order valence-corrected chi connectivity index (χ1v) is 9.16. The van der Waals surface area contributed by atoms with Crippen molar-refractivity contribution in [2.45, 2.75) is 57.5 Å². The van der Waals surface area contributed by atoms with Gasteiger partial charge in [0, 0.05) is 29.7 Å². The fraction of sp³-hybridized carbons (Fsp3) is 0.474. The van der Waals surface area contributed by atoms with Gasteiger partial charge in [0.1, 0.15) is 5.76 Å². The third kappa shape index (κ3) is 3.21. The van der Waals surface area contributed by atoms with Gasteiger partial charge in [-0.15, -0.1) is 0 Å². The summed E-state index contributed by atoms with van der Waals surface area (Å²) in [5, 5.41) is 15.4. The minimum atomic E-state index is -0.396. The number of carbonyl (C=O) groups excluding carboxylic acids is 1. The van der Waals surface area contributed by atoms with Gasteiger partial charge < -0.3 is 9.42 Å². The maximum atomic E-state index is 13.2. The number of hydrogen-bond acceptors (Lipinski definition) is 5. The van der Waals surface area contributed by atoms with E-state index < -0.39 is 4.92 Å². The first-order valence-electron chi connectivity index (χ1n) is 9.16. The molecule has 2 aliphatic carbocycles. The lowest BCUT2D eigenvalue weighted by atomic mass is 10.1. The molecule has 2 aromatic rings. The molecule has 1 amide bonds. The van der Waals surface area contributed by atoms with Crippen LogP contribution < -0.4 is 0 Å². The van der Waals surface area contributed by atoms with Gasteiger partial charge in [-0.3, -0.25) is 14.9 Å². The van der Waals surface area contributed by atoms with Crippen LogP contribution in [-0.4, -0.2) is 26.9 Å². The molecule has 26 heavy (non-hydrogen) atoms. The molecular weight excluding hydrogens is 334 g/mol. The summed E-state index contributed by atoms with van der Waals surface area (Å²) in [6.45, 7) is 0.224. The average molecular weight is 355 g/mol. The van der Waals surface area contributed by atoms with E-state index >= 15 is 0 Å². The molecule has 0 radical (unpaired) electrons. The second-order valence-corrected chi connectivity index (χ2v) is 7.04. The normalized spacial score (nSPS) is 16.6. The van der Waals surface area contributed by atoms with Crippen molar-refractivity contribution in [3.8, 4) is 0 Å². The lowest BCUT2D eigenvalue weighted by Gasteiger charge is -2.21. The Morgan fingerprint density at radius 2 is 2.00 bits per heavy atom. The number of carbonyl (C=O) groups is 1. The third-order valence-electron chi connectivity index (χ3n) is 5.18. The van der Waals surface area contributed by atoms with Crippen LogP contribution in [0.3, 0.4) is 0 Å². The Labute approximate surface area is 151 Å². The zero-order chi connectivity index (χ0) is 18.1. The van der Waals surface area contributed by atoms with Gasteiger partial charge in [0.25, 0.3) is 11.6 Å². The molecule has 1 saturated carbocycles. The van der Waals surface area contributed by atoms with Crippen LogP contribution in [0.4, 0.5) is 5.69 Å². The van der Waals surface area contributed by atoms with E-state index in [-0.39, 0.29) is 24.2 Å². The third-order valence-corrected chi connectivity index (χ3v) is 5.18. The highest BCUT2D eigenvalue weighted by atomic mass is 16.6. The van der Waals surface area contributed by atoms with E-state index in [2.05, 4.69) is 5.16 Å². The summed E-state index contributed by atoms with van der Waals surface area (Å²) >= 11 is 0. The maximum absolute atomic E-state index is 13.2. The molecule has 0 aliphatic heterocycles. The Hall–Kier alpha value is -2.70. The van der Waals surface area contributed by atoms with E-state index in [9.17, 15) is 14.9 Å². The molecule has 1 fully saturated rings. The van der Waals surface area contributed by atoms with Crippen molar-refractivity contribution in [1.82, 2.24) is 10.1 Å². The molecule has 0 unspecified atom stereocenters. The van der Waals surface area contributed by atoms with Gasteiger partial charge in [0.15, 0.2) is 5.69 Å². The second-order valence-electron chi connectivity index (χ2n) is 7.04. The zero-order valence-electron chi connectivity index (χ0n) is 14.5. The van der Waals surface area contributed by atoms with Crippen molar-refractivity contribution in [2.24, 2.45) is 0 Å². The molecule has 4 rings (SSSR count). The highest BCUT2D eigenvalue weighted by molar-refractivity contribution is 5.94. The number of nitro benzene ring substituents is 1. The summed E-state index contributed by atoms with van der Waals surface area (Å²) in [6, 6.07) is 6.72. The van der Waals surface area contributed by atoms with Crippen LogP contribution in [0.25, 0.3) is 0 Å². The molecule has 7 heteroatoms. The number of nitrogens with zero attached hydrogens (tertiary/aromatic N) is 3. The Kier molecular flexibility index (Phi) is 4.44. The van der Waals surface area contributed by atoms with E-state index in [1.165, 1.54) is 6.07 Å². The van der Waals surface area contributed by atoms with Crippen LogP contribution in [0.15, 0.2) is 28.8 Å². The van der Waals surface area contributed by atoms with Crippen molar-refractivity contribution < 1.29 is 14.2 Å². The SMILES string of the molecule is O=C(c1noc2c1CCCCC2)N(Cc1ccccc1[N+](=O)[O-])C1CC1. The Morgan fingerprint density at radius 3 is 2.77 bits per heavy atom. The summed E-state index contributed by atoms with van der Waals surface area (Å²) in [4.78, 5) is 25.8. The van der Waals surface area contributed by atoms with E-state index in [0.29, 0.717) is 11.3 Å². The lowest BCUT2D eigenvalue weighted by molar-refractivity contribution is -0.385. The largest absolute Gasteiger partial charge is 0.360 e. The van der Waals surface area contributed by atoms with E-state index in [1.54, 1.807) is 23.1 Å². The first-order chi connectivity index (χ1) is 12.6. The summed E-state index contributed by atoms with van der Waals surface area (Å²) in [6.07, 6.45) is 6.69. The van der Waals surface area contributed by atoms with Gasteiger partial charge >= 0.3 is 0 Å². The second kappa shape index (κ2) is 6.90. The fourth-order valence-electron chi connectivity index (χ4n) is 3.62. The van der Waals surface area contributed by atoms with Crippen molar-refractivity contribution in [3.63, 3.8) is 0 Å². The highest BCUT2D eigenvalue weighted by Crippen LogP contribution is 2.33. The molecule has 0 saturated heterocycles. The van der Waals surface area contributed by atoms with E-state index in [1.807, 2.05) is 0 Å². The summed E-state index contributed by atoms with van der Waals surface area (Å²) in [5.74, 6) is 0.657. The molecule has 1 aromatic heterocycles. The molecule has 0 spiro atoms. The highest BCUT2D eigenvalue weighted by Gasteiger charge is 2.37. The Bertz CT molecular complexity index is 841. The monoisotopic (exact) mass is 355 g/mol. The van der Waals surface area contributed by atoms with Crippen molar-refractivity contribution >= 4 is 11.6 Å². The minimum absolute atomic E-state index is 0.0462. The summed E-state index contributed by atoms with van der Waals surface area (Å²) in [5.41, 5.74) is 1.92. The number of fused-ring (bicyclic) bond motifs is 1.